The van der Waals surface area contributed by atoms with Crippen LogP contribution in [0.25, 0.3) is 0 Å². The summed E-state index contributed by atoms with van der Waals surface area (Å²) in [5.41, 5.74) is 7.86. The maximum Gasteiger partial charge on any atom is 0.246 e. The van der Waals surface area contributed by atoms with E-state index in [1.54, 1.807) is 12.0 Å². The topological polar surface area (TPSA) is 58.8 Å². The average Bonchev–Trinajstić information content (AvgIpc) is 2.41. The number of hydrogen-bond donors (Lipinski definition) is 1. The summed E-state index contributed by atoms with van der Waals surface area (Å²) >= 11 is 0. The number of likely N-dealkylation sites (N-methyl/N-ethyl adjacent to an activating group) is 1. The number of ether oxygens (including phenoxy) is 1. The highest BCUT2D eigenvalue weighted by Crippen LogP contribution is 2.31. The fourth-order valence-corrected chi connectivity index (χ4v) is 2.45. The molecule has 1 aliphatic rings. The van der Waals surface area contributed by atoms with Crippen LogP contribution in [0, 0.1) is 6.92 Å². The van der Waals surface area contributed by atoms with Crippen LogP contribution in [0.5, 0.6) is 5.75 Å². The zero-order chi connectivity index (χ0) is 14.0. The first-order valence-electron chi connectivity index (χ1n) is 6.44. The molecule has 0 aromatic heterocycles. The third kappa shape index (κ3) is 2.51. The highest BCUT2D eigenvalue weighted by Gasteiger charge is 2.33. The number of carbonyl (C=O) groups is 1. The quantitative estimate of drug-likeness (QED) is 0.868. The number of anilines is 1. The molecule has 1 fully saturated rings. The standard InChI is InChI=1S/C14H21N3O2/c1-10-4-5-13(19-3)11(8-10)17-7-6-16(2)14(18)12(17)9-15/h4-5,8,12H,6-7,9,15H2,1-3H3. The molecule has 0 radical (unpaired) electrons. The lowest BCUT2D eigenvalue weighted by atomic mass is 10.1. The molecule has 5 nitrogen and oxygen atoms in total. The Hall–Kier alpha value is -1.75. The average molecular weight is 263 g/mol. The Balaban J connectivity index is 2.39. The van der Waals surface area contributed by atoms with Crippen LogP contribution in [0.4, 0.5) is 5.69 Å². The summed E-state index contributed by atoms with van der Waals surface area (Å²) in [5.74, 6) is 0.846. The molecule has 19 heavy (non-hydrogen) atoms. The number of benzene rings is 1. The van der Waals surface area contributed by atoms with Crippen LogP contribution in [0.1, 0.15) is 5.56 Å². The van der Waals surface area contributed by atoms with Gasteiger partial charge in [-0.2, -0.15) is 0 Å². The van der Waals surface area contributed by atoms with Crippen LogP contribution in [0.2, 0.25) is 0 Å². The Morgan fingerprint density at radius 2 is 2.16 bits per heavy atom. The Morgan fingerprint density at radius 1 is 1.42 bits per heavy atom. The smallest absolute Gasteiger partial charge is 0.246 e. The van der Waals surface area contributed by atoms with Gasteiger partial charge in [0.05, 0.1) is 12.8 Å². The molecule has 5 heteroatoms. The molecule has 1 aromatic carbocycles. The predicted molar refractivity (Wildman–Crippen MR) is 75.6 cm³/mol. The van der Waals surface area contributed by atoms with Gasteiger partial charge in [-0.15, -0.1) is 0 Å². The van der Waals surface area contributed by atoms with Crippen molar-refractivity contribution >= 4 is 11.6 Å². The maximum atomic E-state index is 12.2. The van der Waals surface area contributed by atoms with Gasteiger partial charge in [0.15, 0.2) is 0 Å². The van der Waals surface area contributed by atoms with E-state index in [4.69, 9.17) is 10.5 Å². The normalized spacial score (nSPS) is 19.8. The zero-order valence-corrected chi connectivity index (χ0v) is 11.7. The molecule has 1 aliphatic heterocycles. The molecule has 0 spiro atoms. The summed E-state index contributed by atoms with van der Waals surface area (Å²) in [6.45, 7) is 3.80. The van der Waals surface area contributed by atoms with Crippen LogP contribution < -0.4 is 15.4 Å². The molecule has 2 rings (SSSR count). The first kappa shape index (κ1) is 13.7. The van der Waals surface area contributed by atoms with Crippen LogP contribution in [0.3, 0.4) is 0 Å². The largest absolute Gasteiger partial charge is 0.495 e. The number of nitrogens with zero attached hydrogens (tertiary/aromatic N) is 2. The van der Waals surface area contributed by atoms with E-state index in [-0.39, 0.29) is 11.9 Å². The number of rotatable bonds is 3. The molecular formula is C14H21N3O2. The van der Waals surface area contributed by atoms with Crippen molar-refractivity contribution in [3.8, 4) is 5.75 Å². The molecule has 2 N–H and O–H groups in total. The van der Waals surface area contributed by atoms with Crippen molar-refractivity contribution in [2.75, 3.05) is 38.7 Å². The number of amides is 1. The van der Waals surface area contributed by atoms with Crippen molar-refractivity contribution in [2.45, 2.75) is 13.0 Å². The van der Waals surface area contributed by atoms with E-state index < -0.39 is 0 Å². The molecule has 1 aromatic rings. The van der Waals surface area contributed by atoms with Crippen LogP contribution >= 0.6 is 0 Å². The zero-order valence-electron chi connectivity index (χ0n) is 11.7. The number of piperazine rings is 1. The van der Waals surface area contributed by atoms with Gasteiger partial charge in [-0.25, -0.2) is 0 Å². The van der Waals surface area contributed by atoms with Crippen LogP contribution in [0.15, 0.2) is 18.2 Å². The number of aryl methyl sites for hydroxylation is 1. The Kier molecular flexibility index (Phi) is 3.95. The van der Waals surface area contributed by atoms with Crippen molar-refractivity contribution in [1.82, 2.24) is 4.90 Å². The van der Waals surface area contributed by atoms with Gasteiger partial charge < -0.3 is 20.3 Å². The summed E-state index contributed by atoms with van der Waals surface area (Å²) < 4.78 is 5.40. The van der Waals surface area contributed by atoms with Gasteiger partial charge in [0.25, 0.3) is 0 Å². The highest BCUT2D eigenvalue weighted by atomic mass is 16.5. The minimum atomic E-state index is -0.311. The van der Waals surface area contributed by atoms with Gasteiger partial charge in [0.2, 0.25) is 5.91 Å². The molecule has 1 unspecified atom stereocenters. The molecule has 0 bridgehead atoms. The number of hydrogen-bond acceptors (Lipinski definition) is 4. The lowest BCUT2D eigenvalue weighted by Gasteiger charge is -2.40. The third-order valence-corrected chi connectivity index (χ3v) is 3.58. The number of methoxy groups -OCH3 is 1. The van der Waals surface area contributed by atoms with E-state index in [9.17, 15) is 4.79 Å². The lowest BCUT2D eigenvalue weighted by molar-refractivity contribution is -0.132. The maximum absolute atomic E-state index is 12.2. The Labute approximate surface area is 113 Å². The third-order valence-electron chi connectivity index (χ3n) is 3.58. The number of nitrogens with two attached hydrogens (primary N) is 1. The minimum Gasteiger partial charge on any atom is -0.495 e. The van der Waals surface area contributed by atoms with Crippen molar-refractivity contribution in [1.29, 1.82) is 0 Å². The predicted octanol–water partition coefficient (Wildman–Crippen LogP) is 0.609. The van der Waals surface area contributed by atoms with E-state index in [0.29, 0.717) is 13.1 Å². The van der Waals surface area contributed by atoms with Crippen molar-refractivity contribution in [3.05, 3.63) is 23.8 Å². The fourth-order valence-electron chi connectivity index (χ4n) is 2.45. The van der Waals surface area contributed by atoms with Crippen LogP contribution in [-0.2, 0) is 4.79 Å². The lowest BCUT2D eigenvalue weighted by Crippen LogP contribution is -2.58. The summed E-state index contributed by atoms with van der Waals surface area (Å²) in [7, 11) is 3.46. The van der Waals surface area contributed by atoms with Crippen molar-refractivity contribution in [3.63, 3.8) is 0 Å². The van der Waals surface area contributed by atoms with E-state index in [2.05, 4.69) is 0 Å². The molecule has 0 saturated carbocycles. The fraction of sp³-hybridized carbons (Fsp3) is 0.500. The Bertz CT molecular complexity index is 476. The van der Waals surface area contributed by atoms with Crippen molar-refractivity contribution < 1.29 is 9.53 Å². The number of carbonyl (C=O) groups excluding carboxylic acids is 1. The molecule has 1 amide bonds. The SMILES string of the molecule is COc1ccc(C)cc1N1CCN(C)C(=O)C1CN. The minimum absolute atomic E-state index is 0.0670. The van der Waals surface area contributed by atoms with Gasteiger partial charge >= 0.3 is 0 Å². The summed E-state index contributed by atoms with van der Waals surface area (Å²) in [6.07, 6.45) is 0. The summed E-state index contributed by atoms with van der Waals surface area (Å²) in [6, 6.07) is 5.66. The van der Waals surface area contributed by atoms with Gasteiger partial charge in [-0.1, -0.05) is 6.07 Å². The Morgan fingerprint density at radius 3 is 2.79 bits per heavy atom. The highest BCUT2D eigenvalue weighted by molar-refractivity contribution is 5.87. The first-order valence-corrected chi connectivity index (χ1v) is 6.44. The molecular weight excluding hydrogens is 242 g/mol. The first-order chi connectivity index (χ1) is 9.08. The summed E-state index contributed by atoms with van der Waals surface area (Å²) in [4.78, 5) is 16.0. The molecule has 1 atom stereocenters. The van der Waals surface area contributed by atoms with Crippen LogP contribution in [-0.4, -0.2) is 50.6 Å². The molecule has 0 aliphatic carbocycles. The van der Waals surface area contributed by atoms with E-state index in [1.165, 1.54) is 0 Å². The second-order valence-corrected chi connectivity index (χ2v) is 4.88. The van der Waals surface area contributed by atoms with Crippen molar-refractivity contribution in [2.24, 2.45) is 5.73 Å². The second-order valence-electron chi connectivity index (χ2n) is 4.88. The second kappa shape index (κ2) is 5.48. The summed E-state index contributed by atoms with van der Waals surface area (Å²) in [5, 5.41) is 0. The van der Waals surface area contributed by atoms with Gasteiger partial charge in [-0.3, -0.25) is 4.79 Å². The molecule has 1 saturated heterocycles. The van der Waals surface area contributed by atoms with Gasteiger partial charge in [0, 0.05) is 26.7 Å². The van der Waals surface area contributed by atoms with E-state index >= 15 is 0 Å². The van der Waals surface area contributed by atoms with Gasteiger partial charge in [-0.05, 0) is 24.6 Å². The molecule has 104 valence electrons. The monoisotopic (exact) mass is 263 g/mol. The van der Waals surface area contributed by atoms with E-state index in [1.807, 2.05) is 37.1 Å². The molecule has 1 heterocycles. The van der Waals surface area contributed by atoms with Gasteiger partial charge in [0.1, 0.15) is 11.8 Å². The van der Waals surface area contributed by atoms with E-state index in [0.717, 1.165) is 23.5 Å².